The number of morpholine rings is 1. The SMILES string of the molecule is NC(=O)CNC(=O)CNC(=O)C(CN1CCOCC1)NC(=O)C(CSS)NC=O. The van der Waals surface area contributed by atoms with E-state index in [1.165, 1.54) is 0 Å². The summed E-state index contributed by atoms with van der Waals surface area (Å²) in [6, 6.07) is -1.83. The molecule has 12 nitrogen and oxygen atoms in total. The van der Waals surface area contributed by atoms with Crippen molar-refractivity contribution < 1.29 is 28.7 Å². The summed E-state index contributed by atoms with van der Waals surface area (Å²) in [4.78, 5) is 60.0. The fourth-order valence-electron chi connectivity index (χ4n) is 2.40. The fourth-order valence-corrected chi connectivity index (χ4v) is 3.25. The van der Waals surface area contributed by atoms with Crippen LogP contribution in [0.5, 0.6) is 0 Å². The van der Waals surface area contributed by atoms with Gasteiger partial charge in [0.05, 0.1) is 26.3 Å². The van der Waals surface area contributed by atoms with E-state index in [0.717, 1.165) is 10.8 Å². The van der Waals surface area contributed by atoms with E-state index in [9.17, 15) is 24.0 Å². The zero-order valence-electron chi connectivity index (χ0n) is 15.7. The van der Waals surface area contributed by atoms with Crippen LogP contribution in [0.15, 0.2) is 0 Å². The number of ether oxygens (including phenoxy) is 1. The van der Waals surface area contributed by atoms with Crippen LogP contribution in [-0.4, -0.2) is 98.7 Å². The van der Waals surface area contributed by atoms with Gasteiger partial charge in [0.2, 0.25) is 30.0 Å². The third-order valence-corrected chi connectivity index (χ3v) is 4.82. The molecule has 5 amide bonds. The minimum Gasteiger partial charge on any atom is -0.379 e. The third-order valence-electron chi connectivity index (χ3n) is 3.89. The lowest BCUT2D eigenvalue weighted by Gasteiger charge is -2.30. The van der Waals surface area contributed by atoms with Crippen molar-refractivity contribution in [3.63, 3.8) is 0 Å². The van der Waals surface area contributed by atoms with E-state index in [4.69, 9.17) is 10.5 Å². The van der Waals surface area contributed by atoms with Crippen LogP contribution in [0.4, 0.5) is 0 Å². The van der Waals surface area contributed by atoms with Crippen LogP contribution in [0.1, 0.15) is 0 Å². The van der Waals surface area contributed by atoms with Gasteiger partial charge in [0, 0.05) is 25.4 Å². The Hall–Kier alpha value is -2.03. The van der Waals surface area contributed by atoms with Crippen LogP contribution in [0, 0.1) is 0 Å². The molecule has 1 saturated heterocycles. The zero-order chi connectivity index (χ0) is 21.6. The topological polar surface area (TPSA) is 172 Å². The largest absolute Gasteiger partial charge is 0.379 e. The quantitative estimate of drug-likeness (QED) is 0.0942. The Labute approximate surface area is 177 Å². The lowest BCUT2D eigenvalue weighted by atomic mass is 10.2. The molecule has 0 aromatic rings. The first-order valence-corrected chi connectivity index (χ1v) is 10.8. The van der Waals surface area contributed by atoms with E-state index in [0.29, 0.717) is 32.7 Å². The average molecular weight is 451 g/mol. The van der Waals surface area contributed by atoms with Gasteiger partial charge in [-0.15, -0.1) is 11.7 Å². The number of primary amides is 1. The molecule has 1 fully saturated rings. The summed E-state index contributed by atoms with van der Waals surface area (Å²) >= 11 is 3.98. The van der Waals surface area contributed by atoms with Crippen LogP contribution in [-0.2, 0) is 28.7 Å². The molecule has 0 aliphatic carbocycles. The Morgan fingerprint density at radius 3 is 2.38 bits per heavy atom. The molecule has 14 heteroatoms. The fraction of sp³-hybridized carbons (Fsp3) is 0.667. The normalized spacial score (nSPS) is 16.2. The van der Waals surface area contributed by atoms with E-state index in [1.54, 1.807) is 0 Å². The second-order valence-corrected chi connectivity index (χ2v) is 7.43. The maximum Gasteiger partial charge on any atom is 0.244 e. The Balaban J connectivity index is 2.71. The number of nitrogens with zero attached hydrogens (tertiary/aromatic N) is 1. The molecule has 0 saturated carbocycles. The maximum absolute atomic E-state index is 12.6. The summed E-state index contributed by atoms with van der Waals surface area (Å²) in [5, 5.41) is 9.64. The molecule has 2 atom stereocenters. The van der Waals surface area contributed by atoms with Gasteiger partial charge in [-0.2, -0.15) is 0 Å². The van der Waals surface area contributed by atoms with Crippen molar-refractivity contribution >= 4 is 52.5 Å². The lowest BCUT2D eigenvalue weighted by molar-refractivity contribution is -0.132. The lowest BCUT2D eigenvalue weighted by Crippen LogP contribution is -2.58. The van der Waals surface area contributed by atoms with Crippen LogP contribution in [0.25, 0.3) is 0 Å². The average Bonchev–Trinajstić information content (AvgIpc) is 2.70. The highest BCUT2D eigenvalue weighted by Crippen LogP contribution is 2.07. The summed E-state index contributed by atoms with van der Waals surface area (Å²) in [7, 11) is 1.07. The number of rotatable bonds is 13. The molecule has 0 spiro atoms. The van der Waals surface area contributed by atoms with Crippen molar-refractivity contribution in [3.8, 4) is 0 Å². The highest BCUT2D eigenvalue weighted by Gasteiger charge is 2.28. The first kappa shape index (κ1) is 25.0. The van der Waals surface area contributed by atoms with E-state index in [2.05, 4.69) is 32.9 Å². The van der Waals surface area contributed by atoms with Gasteiger partial charge in [-0.05, 0) is 0 Å². The number of hydrogen-bond acceptors (Lipinski definition) is 9. The van der Waals surface area contributed by atoms with Gasteiger partial charge < -0.3 is 31.7 Å². The minimum atomic E-state index is -0.967. The summed E-state index contributed by atoms with van der Waals surface area (Å²) in [6.07, 6.45) is 0.397. The Kier molecular flexibility index (Phi) is 12.1. The molecule has 6 N–H and O–H groups in total. The van der Waals surface area contributed by atoms with Gasteiger partial charge in [0.15, 0.2) is 0 Å². The number of nitrogens with two attached hydrogens (primary N) is 1. The molecule has 0 radical (unpaired) electrons. The number of amides is 5. The molecule has 0 aromatic heterocycles. The highest BCUT2D eigenvalue weighted by molar-refractivity contribution is 8.68. The molecular formula is C15H26N6O6S2. The van der Waals surface area contributed by atoms with E-state index in [-0.39, 0.29) is 25.4 Å². The Morgan fingerprint density at radius 2 is 1.79 bits per heavy atom. The third kappa shape index (κ3) is 10.3. The van der Waals surface area contributed by atoms with Gasteiger partial charge in [-0.1, -0.05) is 10.8 Å². The van der Waals surface area contributed by atoms with Gasteiger partial charge in [0.25, 0.3) is 0 Å². The second kappa shape index (κ2) is 14.0. The maximum atomic E-state index is 12.6. The smallest absolute Gasteiger partial charge is 0.244 e. The van der Waals surface area contributed by atoms with Crippen LogP contribution < -0.4 is 27.0 Å². The molecule has 2 unspecified atom stereocenters. The Morgan fingerprint density at radius 1 is 1.10 bits per heavy atom. The van der Waals surface area contributed by atoms with Crippen molar-refractivity contribution in [2.45, 2.75) is 12.1 Å². The van der Waals surface area contributed by atoms with Crippen molar-refractivity contribution in [1.29, 1.82) is 0 Å². The van der Waals surface area contributed by atoms with Crippen molar-refractivity contribution in [1.82, 2.24) is 26.2 Å². The van der Waals surface area contributed by atoms with Crippen LogP contribution in [0.2, 0.25) is 0 Å². The van der Waals surface area contributed by atoms with E-state index < -0.39 is 35.7 Å². The van der Waals surface area contributed by atoms with Crippen LogP contribution >= 0.6 is 22.5 Å². The van der Waals surface area contributed by atoms with Crippen LogP contribution in [0.3, 0.4) is 0 Å². The second-order valence-electron chi connectivity index (χ2n) is 6.07. The first-order chi connectivity index (χ1) is 13.9. The predicted octanol–water partition coefficient (Wildman–Crippen LogP) is -3.79. The van der Waals surface area contributed by atoms with E-state index >= 15 is 0 Å². The molecule has 1 heterocycles. The van der Waals surface area contributed by atoms with Crippen molar-refractivity contribution in [2.24, 2.45) is 5.73 Å². The molecule has 1 rings (SSSR count). The predicted molar refractivity (Wildman–Crippen MR) is 109 cm³/mol. The zero-order valence-corrected chi connectivity index (χ0v) is 17.4. The molecule has 0 aromatic carbocycles. The van der Waals surface area contributed by atoms with Crippen molar-refractivity contribution in [3.05, 3.63) is 0 Å². The molecule has 164 valence electrons. The Bertz CT molecular complexity index is 590. The first-order valence-electron chi connectivity index (χ1n) is 8.76. The summed E-state index contributed by atoms with van der Waals surface area (Å²) < 4.78 is 5.27. The van der Waals surface area contributed by atoms with Gasteiger partial charge >= 0.3 is 0 Å². The summed E-state index contributed by atoms with van der Waals surface area (Å²) in [5.74, 6) is -2.24. The van der Waals surface area contributed by atoms with Crippen molar-refractivity contribution in [2.75, 3.05) is 51.7 Å². The number of carbonyl (C=O) groups is 5. The standard InChI is InChI=1S/C15H26N6O6S2/c16-12(23)5-17-13(24)6-18-14(25)10(7-21-1-3-27-4-2-21)20-15(26)11(8-29-28)19-9-22/h9-11,28H,1-8H2,(H2,16,23)(H,17,24)(H,18,25)(H,19,22)(H,20,26). The molecule has 1 aliphatic rings. The highest BCUT2D eigenvalue weighted by atomic mass is 33.1. The summed E-state index contributed by atoms with van der Waals surface area (Å²) in [5.41, 5.74) is 4.94. The number of hydrogen-bond donors (Lipinski definition) is 6. The van der Waals surface area contributed by atoms with Gasteiger partial charge in [-0.3, -0.25) is 28.9 Å². The van der Waals surface area contributed by atoms with E-state index in [1.807, 2.05) is 4.90 Å². The minimum absolute atomic E-state index is 0.200. The number of carbonyl (C=O) groups excluding carboxylic acids is 5. The summed E-state index contributed by atoms with van der Waals surface area (Å²) in [6.45, 7) is 1.65. The number of nitrogens with one attached hydrogen (secondary N) is 4. The molecule has 0 bridgehead atoms. The molecule has 29 heavy (non-hydrogen) atoms. The number of thiol groups is 1. The van der Waals surface area contributed by atoms with Gasteiger partial charge in [-0.25, -0.2) is 0 Å². The molecule has 1 aliphatic heterocycles. The molecular weight excluding hydrogens is 424 g/mol. The monoisotopic (exact) mass is 450 g/mol. The van der Waals surface area contributed by atoms with Gasteiger partial charge in [0.1, 0.15) is 12.1 Å².